The van der Waals surface area contributed by atoms with Crippen molar-refractivity contribution in [2.45, 2.75) is 24.5 Å². The molecule has 1 aromatic carbocycles. The van der Waals surface area contributed by atoms with E-state index in [0.717, 1.165) is 0 Å². The van der Waals surface area contributed by atoms with Gasteiger partial charge in [0.2, 0.25) is 5.44 Å². The van der Waals surface area contributed by atoms with Crippen molar-refractivity contribution in [1.29, 1.82) is 0 Å². The molecule has 1 aromatic rings. The fourth-order valence-corrected chi connectivity index (χ4v) is 1.77. The SMILES string of the molecule is CCOC(=O)[C@H](OCc1ccccc1)SC(F)(F)F. The second kappa shape index (κ2) is 7.40. The first kappa shape index (κ1) is 15.8. The first-order chi connectivity index (χ1) is 8.92. The number of carbonyl (C=O) groups is 1. The third-order valence-corrected chi connectivity index (χ3v) is 2.77. The molecule has 0 aliphatic carbocycles. The Morgan fingerprint density at radius 1 is 1.32 bits per heavy atom. The maximum atomic E-state index is 12.3. The van der Waals surface area contributed by atoms with Crippen LogP contribution < -0.4 is 0 Å². The van der Waals surface area contributed by atoms with E-state index in [4.69, 9.17) is 4.74 Å². The van der Waals surface area contributed by atoms with E-state index in [-0.39, 0.29) is 13.2 Å². The molecule has 0 aliphatic heterocycles. The van der Waals surface area contributed by atoms with Crippen molar-refractivity contribution in [3.63, 3.8) is 0 Å². The summed E-state index contributed by atoms with van der Waals surface area (Å²) in [5, 5.41) is 0. The highest BCUT2D eigenvalue weighted by molar-refractivity contribution is 8.01. The molecule has 3 nitrogen and oxygen atoms in total. The summed E-state index contributed by atoms with van der Waals surface area (Å²) in [6, 6.07) is 8.63. The molecule has 0 heterocycles. The zero-order chi connectivity index (χ0) is 14.3. The minimum Gasteiger partial charge on any atom is -0.463 e. The Morgan fingerprint density at radius 2 is 1.95 bits per heavy atom. The van der Waals surface area contributed by atoms with Gasteiger partial charge in [-0.3, -0.25) is 0 Å². The van der Waals surface area contributed by atoms with Gasteiger partial charge in [-0.05, 0) is 24.2 Å². The molecule has 0 radical (unpaired) electrons. The van der Waals surface area contributed by atoms with Crippen LogP contribution in [0.25, 0.3) is 0 Å². The standard InChI is InChI=1S/C12H13F3O3S/c1-2-17-10(16)11(19-12(13,14)15)18-8-9-6-4-3-5-7-9/h3-7,11H,2,8H2,1H3/t11-/m1/s1. The molecule has 0 aliphatic rings. The number of alkyl halides is 3. The second-order valence-corrected chi connectivity index (χ2v) is 4.57. The monoisotopic (exact) mass is 294 g/mol. The Bertz CT molecular complexity index is 395. The van der Waals surface area contributed by atoms with Crippen LogP contribution in [0.15, 0.2) is 30.3 Å². The maximum absolute atomic E-state index is 12.3. The molecule has 19 heavy (non-hydrogen) atoms. The van der Waals surface area contributed by atoms with E-state index in [0.29, 0.717) is 5.56 Å². The molecule has 0 bridgehead atoms. The molecular weight excluding hydrogens is 281 g/mol. The zero-order valence-electron chi connectivity index (χ0n) is 10.1. The highest BCUT2D eigenvalue weighted by Crippen LogP contribution is 2.35. The van der Waals surface area contributed by atoms with Gasteiger partial charge in [0.05, 0.1) is 13.2 Å². The van der Waals surface area contributed by atoms with Crippen molar-refractivity contribution in [2.24, 2.45) is 0 Å². The Labute approximate surface area is 113 Å². The van der Waals surface area contributed by atoms with E-state index < -0.39 is 28.7 Å². The summed E-state index contributed by atoms with van der Waals surface area (Å²) in [4.78, 5) is 11.4. The van der Waals surface area contributed by atoms with Crippen molar-refractivity contribution >= 4 is 17.7 Å². The number of hydrogen-bond acceptors (Lipinski definition) is 4. The fraction of sp³-hybridized carbons (Fsp3) is 0.417. The summed E-state index contributed by atoms with van der Waals surface area (Å²) in [6.07, 6.45) is 0. The largest absolute Gasteiger partial charge is 0.463 e. The lowest BCUT2D eigenvalue weighted by molar-refractivity contribution is -0.152. The van der Waals surface area contributed by atoms with E-state index in [2.05, 4.69) is 4.74 Å². The minimum absolute atomic E-state index is 0.00243. The number of thioether (sulfide) groups is 1. The molecule has 0 saturated heterocycles. The summed E-state index contributed by atoms with van der Waals surface area (Å²) in [6.45, 7) is 1.43. The first-order valence-corrected chi connectivity index (χ1v) is 6.37. The van der Waals surface area contributed by atoms with Crippen molar-refractivity contribution < 1.29 is 27.4 Å². The lowest BCUT2D eigenvalue weighted by atomic mass is 10.2. The van der Waals surface area contributed by atoms with Crippen LogP contribution in [-0.4, -0.2) is 23.5 Å². The predicted octanol–water partition coefficient (Wildman–Crippen LogP) is 3.35. The quantitative estimate of drug-likeness (QED) is 0.595. The van der Waals surface area contributed by atoms with Gasteiger partial charge in [-0.15, -0.1) is 0 Å². The van der Waals surface area contributed by atoms with Crippen LogP contribution in [0.2, 0.25) is 0 Å². The Morgan fingerprint density at radius 3 is 2.47 bits per heavy atom. The van der Waals surface area contributed by atoms with Crippen LogP contribution >= 0.6 is 11.8 Å². The van der Waals surface area contributed by atoms with Gasteiger partial charge in [0.1, 0.15) is 0 Å². The highest BCUT2D eigenvalue weighted by atomic mass is 32.2. The average Bonchev–Trinajstić information content (AvgIpc) is 2.34. The number of esters is 1. The van der Waals surface area contributed by atoms with Gasteiger partial charge < -0.3 is 9.47 Å². The zero-order valence-corrected chi connectivity index (χ0v) is 11.0. The van der Waals surface area contributed by atoms with Crippen molar-refractivity contribution in [3.05, 3.63) is 35.9 Å². The average molecular weight is 294 g/mol. The lowest BCUT2D eigenvalue weighted by Gasteiger charge is -2.17. The molecule has 0 N–H and O–H groups in total. The molecule has 0 amide bonds. The Hall–Kier alpha value is -1.21. The summed E-state index contributed by atoms with van der Waals surface area (Å²) in [5.74, 6) is -1.03. The Balaban J connectivity index is 2.61. The molecule has 1 atom stereocenters. The molecule has 0 aromatic heterocycles. The fourth-order valence-electron chi connectivity index (χ4n) is 1.23. The molecule has 1 rings (SSSR count). The third kappa shape index (κ3) is 6.49. The maximum Gasteiger partial charge on any atom is 0.444 e. The van der Waals surface area contributed by atoms with Crippen molar-refractivity contribution in [2.75, 3.05) is 6.61 Å². The van der Waals surface area contributed by atoms with Gasteiger partial charge in [0, 0.05) is 0 Å². The van der Waals surface area contributed by atoms with Crippen LogP contribution in [0.5, 0.6) is 0 Å². The summed E-state index contributed by atoms with van der Waals surface area (Å²) in [5.41, 5.74) is -5.59. The minimum atomic E-state index is -4.56. The molecule has 7 heteroatoms. The summed E-state index contributed by atoms with van der Waals surface area (Å²) >= 11 is -0.528. The lowest BCUT2D eigenvalue weighted by Crippen LogP contribution is -2.26. The van der Waals surface area contributed by atoms with Gasteiger partial charge in [-0.2, -0.15) is 13.2 Å². The van der Waals surface area contributed by atoms with Crippen LogP contribution in [0.1, 0.15) is 12.5 Å². The van der Waals surface area contributed by atoms with E-state index in [1.165, 1.54) is 6.92 Å². The van der Waals surface area contributed by atoms with Crippen LogP contribution in [-0.2, 0) is 20.9 Å². The van der Waals surface area contributed by atoms with Gasteiger partial charge >= 0.3 is 11.5 Å². The number of hydrogen-bond donors (Lipinski definition) is 0. The Kier molecular flexibility index (Phi) is 6.17. The summed E-state index contributed by atoms with van der Waals surface area (Å²) < 4.78 is 46.5. The van der Waals surface area contributed by atoms with Gasteiger partial charge in [0.15, 0.2) is 0 Å². The molecule has 0 fully saturated rings. The van der Waals surface area contributed by atoms with Crippen LogP contribution in [0, 0.1) is 0 Å². The van der Waals surface area contributed by atoms with Gasteiger partial charge in [-0.1, -0.05) is 30.3 Å². The van der Waals surface area contributed by atoms with E-state index in [1.807, 2.05) is 0 Å². The van der Waals surface area contributed by atoms with E-state index in [1.54, 1.807) is 30.3 Å². The topological polar surface area (TPSA) is 35.5 Å². The first-order valence-electron chi connectivity index (χ1n) is 5.49. The number of rotatable bonds is 6. The molecule has 106 valence electrons. The van der Waals surface area contributed by atoms with Gasteiger partial charge in [-0.25, -0.2) is 4.79 Å². The number of halogens is 3. The van der Waals surface area contributed by atoms with Crippen molar-refractivity contribution in [3.8, 4) is 0 Å². The van der Waals surface area contributed by atoms with E-state index in [9.17, 15) is 18.0 Å². The molecule has 0 unspecified atom stereocenters. The molecular formula is C12H13F3O3S. The summed E-state index contributed by atoms with van der Waals surface area (Å²) in [7, 11) is 0. The smallest absolute Gasteiger partial charge is 0.444 e. The third-order valence-electron chi connectivity index (χ3n) is 1.96. The van der Waals surface area contributed by atoms with Crippen LogP contribution in [0.4, 0.5) is 13.2 Å². The van der Waals surface area contributed by atoms with Gasteiger partial charge in [0.25, 0.3) is 0 Å². The van der Waals surface area contributed by atoms with E-state index >= 15 is 0 Å². The van der Waals surface area contributed by atoms with Crippen LogP contribution in [0.3, 0.4) is 0 Å². The normalized spacial score (nSPS) is 13.1. The number of ether oxygens (including phenoxy) is 2. The second-order valence-electron chi connectivity index (χ2n) is 3.44. The highest BCUT2D eigenvalue weighted by Gasteiger charge is 2.38. The number of benzene rings is 1. The molecule has 0 saturated carbocycles. The van der Waals surface area contributed by atoms with Crippen molar-refractivity contribution in [1.82, 2.24) is 0 Å². The predicted molar refractivity (Wildman–Crippen MR) is 65.3 cm³/mol. The molecule has 0 spiro atoms. The number of carbonyl (C=O) groups excluding carboxylic acids is 1.